The highest BCUT2D eigenvalue weighted by Crippen LogP contribution is 2.37. The fraction of sp³-hybridized carbons (Fsp3) is 0.417. The van der Waals surface area contributed by atoms with E-state index in [1.54, 1.807) is 19.1 Å². The molecule has 0 aliphatic carbocycles. The number of hydrogen-bond acceptors (Lipinski definition) is 5. The van der Waals surface area contributed by atoms with Crippen LogP contribution >= 0.6 is 0 Å². The molecule has 0 fully saturated rings. The predicted molar refractivity (Wildman–Crippen MR) is 79.3 cm³/mol. The smallest absolute Gasteiger partial charge is 0.303 e. The van der Waals surface area contributed by atoms with Crippen molar-refractivity contribution in [1.29, 1.82) is 0 Å². The van der Waals surface area contributed by atoms with Crippen LogP contribution < -0.4 is 4.72 Å². The minimum atomic E-state index is -3.70. The number of benzene rings is 1. The Kier molecular flexibility index (Phi) is 4.86. The minimum absolute atomic E-state index is 0.0255. The molecule has 0 aromatic heterocycles. The molecular formula is C12H15N3O4S2. The van der Waals surface area contributed by atoms with Crippen molar-refractivity contribution in [3.63, 3.8) is 0 Å². The van der Waals surface area contributed by atoms with Gasteiger partial charge in [-0.15, -0.1) is 0 Å². The summed E-state index contributed by atoms with van der Waals surface area (Å²) >= 11 is 0.962. The minimum Gasteiger partial charge on any atom is -0.481 e. The summed E-state index contributed by atoms with van der Waals surface area (Å²) in [5, 5.41) is 8.58. The molecule has 114 valence electrons. The van der Waals surface area contributed by atoms with Gasteiger partial charge in [0.2, 0.25) is 10.0 Å². The highest BCUT2D eigenvalue weighted by molar-refractivity contribution is 7.89. The van der Waals surface area contributed by atoms with Crippen molar-refractivity contribution < 1.29 is 18.3 Å². The zero-order valence-electron chi connectivity index (χ0n) is 11.3. The largest absolute Gasteiger partial charge is 0.481 e. The lowest BCUT2D eigenvalue weighted by Crippen LogP contribution is -2.32. The summed E-state index contributed by atoms with van der Waals surface area (Å²) in [4.78, 5) is 10.5. The standard InChI is InChI=1S/C12H15N3O4S2/c1-8(4-2-7-11(16)17)15-21(18,19)10-6-3-5-9-12(10)14-20-13-9/h3,5-6,8,15H,2,4,7H2,1H3,(H,16,17). The molecule has 0 amide bonds. The maximum Gasteiger partial charge on any atom is 0.303 e. The fourth-order valence-electron chi connectivity index (χ4n) is 1.94. The van der Waals surface area contributed by atoms with Crippen LogP contribution in [0.1, 0.15) is 26.2 Å². The summed E-state index contributed by atoms with van der Waals surface area (Å²) in [6.45, 7) is 1.71. The van der Waals surface area contributed by atoms with Crippen molar-refractivity contribution >= 4 is 38.7 Å². The van der Waals surface area contributed by atoms with Gasteiger partial charge < -0.3 is 5.11 Å². The van der Waals surface area contributed by atoms with E-state index in [4.69, 9.17) is 5.11 Å². The van der Waals surface area contributed by atoms with Gasteiger partial charge in [-0.1, -0.05) is 6.07 Å². The zero-order valence-corrected chi connectivity index (χ0v) is 12.9. The maximum absolute atomic E-state index is 12.4. The second-order valence-corrected chi connectivity index (χ2v) is 6.91. The third kappa shape index (κ3) is 3.96. The molecule has 2 rings (SSSR count). The SMILES string of the molecule is CC(CCCC(=O)O)NS(=O)(=O)c1cccc2c1N=S=N2. The summed E-state index contributed by atoms with van der Waals surface area (Å²) in [6.07, 6.45) is 0.899. The van der Waals surface area contributed by atoms with Gasteiger partial charge >= 0.3 is 5.97 Å². The first-order valence-corrected chi connectivity index (χ1v) is 8.57. The molecule has 21 heavy (non-hydrogen) atoms. The van der Waals surface area contributed by atoms with Gasteiger partial charge in [-0.25, -0.2) is 13.1 Å². The van der Waals surface area contributed by atoms with Gasteiger partial charge in [-0.2, -0.15) is 8.73 Å². The zero-order chi connectivity index (χ0) is 15.5. The molecule has 1 aliphatic rings. The molecule has 0 saturated carbocycles. The Morgan fingerprint density at radius 3 is 2.90 bits per heavy atom. The lowest BCUT2D eigenvalue weighted by molar-refractivity contribution is -0.137. The maximum atomic E-state index is 12.4. The number of fused-ring (bicyclic) bond motifs is 1. The van der Waals surface area contributed by atoms with E-state index in [0.29, 0.717) is 24.2 Å². The highest BCUT2D eigenvalue weighted by atomic mass is 32.2. The van der Waals surface area contributed by atoms with Gasteiger partial charge in [0, 0.05) is 12.5 Å². The third-order valence-corrected chi connectivity index (χ3v) is 5.09. The molecule has 1 aromatic rings. The number of nitrogens with one attached hydrogen (secondary N) is 1. The number of nitrogens with zero attached hydrogens (tertiary/aromatic N) is 2. The van der Waals surface area contributed by atoms with Crippen LogP contribution in [-0.2, 0) is 26.2 Å². The van der Waals surface area contributed by atoms with Crippen LogP contribution in [0.4, 0.5) is 11.4 Å². The molecule has 9 heteroatoms. The molecule has 1 aromatic carbocycles. The van der Waals surface area contributed by atoms with Crippen LogP contribution in [0.25, 0.3) is 0 Å². The average Bonchev–Trinajstić information content (AvgIpc) is 2.85. The normalized spacial score (nSPS) is 14.5. The lowest BCUT2D eigenvalue weighted by atomic mass is 10.1. The van der Waals surface area contributed by atoms with E-state index in [9.17, 15) is 13.2 Å². The van der Waals surface area contributed by atoms with Crippen LogP contribution in [0.5, 0.6) is 0 Å². The van der Waals surface area contributed by atoms with Gasteiger partial charge in [-0.05, 0) is 31.9 Å². The van der Waals surface area contributed by atoms with Crippen molar-refractivity contribution in [2.24, 2.45) is 8.73 Å². The topological polar surface area (TPSA) is 108 Å². The predicted octanol–water partition coefficient (Wildman–Crippen LogP) is 2.33. The van der Waals surface area contributed by atoms with Gasteiger partial charge in [0.25, 0.3) is 0 Å². The molecule has 2 N–H and O–H groups in total. The summed E-state index contributed by atoms with van der Waals surface area (Å²) in [5.74, 6) is -0.886. The van der Waals surface area contributed by atoms with Gasteiger partial charge in [-0.3, -0.25) is 4.79 Å². The number of aliphatic carboxylic acids is 1. The molecule has 0 bridgehead atoms. The first kappa shape index (κ1) is 15.8. The van der Waals surface area contributed by atoms with Crippen LogP contribution in [0.2, 0.25) is 0 Å². The Bertz CT molecular complexity index is 724. The molecule has 1 heterocycles. The van der Waals surface area contributed by atoms with Crippen molar-refractivity contribution in [1.82, 2.24) is 4.72 Å². The summed E-state index contributed by atoms with van der Waals surface area (Å²) in [7, 11) is -3.70. The molecule has 0 saturated heterocycles. The van der Waals surface area contributed by atoms with Gasteiger partial charge in [0.15, 0.2) is 0 Å². The second-order valence-electron chi connectivity index (χ2n) is 4.70. The number of carbonyl (C=O) groups is 1. The molecule has 0 radical (unpaired) electrons. The van der Waals surface area contributed by atoms with Crippen molar-refractivity contribution in [2.75, 3.05) is 0 Å². The summed E-state index contributed by atoms with van der Waals surface area (Å²) in [6, 6.07) is 4.45. The van der Waals surface area contributed by atoms with Crippen LogP contribution in [0, 0.1) is 0 Å². The van der Waals surface area contributed by atoms with Crippen LogP contribution in [-0.4, -0.2) is 25.5 Å². The van der Waals surface area contributed by atoms with Gasteiger partial charge in [0.1, 0.15) is 16.3 Å². The lowest BCUT2D eigenvalue weighted by Gasteiger charge is -2.14. The van der Waals surface area contributed by atoms with Crippen LogP contribution in [0.15, 0.2) is 31.8 Å². The Hall–Kier alpha value is -1.58. The third-order valence-electron chi connectivity index (χ3n) is 2.92. The van der Waals surface area contributed by atoms with Crippen molar-refractivity contribution in [2.45, 2.75) is 37.1 Å². The Morgan fingerprint density at radius 2 is 2.19 bits per heavy atom. The van der Waals surface area contributed by atoms with Crippen molar-refractivity contribution in [3.8, 4) is 0 Å². The van der Waals surface area contributed by atoms with E-state index in [1.807, 2.05) is 0 Å². The van der Waals surface area contributed by atoms with E-state index in [2.05, 4.69) is 13.4 Å². The molecule has 7 nitrogen and oxygen atoms in total. The summed E-state index contributed by atoms with van der Waals surface area (Å²) < 4.78 is 35.3. The molecule has 0 spiro atoms. The van der Waals surface area contributed by atoms with Gasteiger partial charge in [0.05, 0.1) is 11.4 Å². The monoisotopic (exact) mass is 329 g/mol. The van der Waals surface area contributed by atoms with E-state index in [0.717, 1.165) is 11.4 Å². The first-order valence-electron chi connectivity index (χ1n) is 6.35. The number of rotatable bonds is 7. The Morgan fingerprint density at radius 1 is 1.43 bits per heavy atom. The molecule has 1 unspecified atom stereocenters. The van der Waals surface area contributed by atoms with Crippen molar-refractivity contribution in [3.05, 3.63) is 18.2 Å². The Balaban J connectivity index is 2.08. The highest BCUT2D eigenvalue weighted by Gasteiger charge is 2.23. The molecular weight excluding hydrogens is 314 g/mol. The number of sulfonamides is 1. The van der Waals surface area contributed by atoms with E-state index in [1.165, 1.54) is 6.07 Å². The van der Waals surface area contributed by atoms with Crippen LogP contribution in [0.3, 0.4) is 0 Å². The first-order chi connectivity index (χ1) is 9.90. The van der Waals surface area contributed by atoms with E-state index in [-0.39, 0.29) is 17.4 Å². The molecule has 1 atom stereocenters. The average molecular weight is 329 g/mol. The second kappa shape index (κ2) is 6.46. The van der Waals surface area contributed by atoms with E-state index < -0.39 is 16.0 Å². The quantitative estimate of drug-likeness (QED) is 0.812. The molecule has 1 aliphatic heterocycles. The van der Waals surface area contributed by atoms with E-state index >= 15 is 0 Å². The fourth-order valence-corrected chi connectivity index (χ4v) is 3.99. The number of carboxylic acid groups (broad SMARTS) is 1. The number of carboxylic acids is 1. The summed E-state index contributed by atoms with van der Waals surface area (Å²) in [5.41, 5.74) is 0.897. The Labute approximate surface area is 126 Å². The number of hydrogen-bond donors (Lipinski definition) is 2.